The van der Waals surface area contributed by atoms with E-state index in [0.29, 0.717) is 31.4 Å². The van der Waals surface area contributed by atoms with Gasteiger partial charge in [-0.05, 0) is 18.2 Å². The van der Waals surface area contributed by atoms with Gasteiger partial charge in [-0.25, -0.2) is 15.0 Å². The fraction of sp³-hybridized carbons (Fsp3) is 0.375. The second-order valence-corrected chi connectivity index (χ2v) is 5.55. The lowest BCUT2D eigenvalue weighted by Crippen LogP contribution is -2.51. The molecule has 1 amide bonds. The first-order valence-electron chi connectivity index (χ1n) is 8.08. The molecule has 0 atom stereocenters. The van der Waals surface area contributed by atoms with Crippen LogP contribution in [0.3, 0.4) is 0 Å². The van der Waals surface area contributed by atoms with Crippen molar-refractivity contribution in [1.82, 2.24) is 20.2 Å². The lowest BCUT2D eigenvalue weighted by atomic mass is 10.3. The fourth-order valence-electron chi connectivity index (χ4n) is 2.50. The maximum absolute atomic E-state index is 11.8. The van der Waals surface area contributed by atoms with E-state index in [-0.39, 0.29) is 12.5 Å². The van der Waals surface area contributed by atoms with Crippen molar-refractivity contribution in [1.29, 1.82) is 0 Å². The summed E-state index contributed by atoms with van der Waals surface area (Å²) in [5.74, 6) is 1.59. The molecule has 3 heterocycles. The van der Waals surface area contributed by atoms with Crippen molar-refractivity contribution in [3.05, 3.63) is 42.6 Å². The molecule has 0 aliphatic carbocycles. The molecule has 1 saturated heterocycles. The molecule has 2 aromatic heterocycles. The second kappa shape index (κ2) is 8.13. The number of nitrogens with one attached hydrogen (secondary N) is 1. The van der Waals surface area contributed by atoms with Crippen molar-refractivity contribution in [3.63, 3.8) is 0 Å². The molecule has 1 aliphatic heterocycles. The van der Waals surface area contributed by atoms with Crippen molar-refractivity contribution >= 4 is 17.8 Å². The molecule has 0 bridgehead atoms. The number of nitrogens with two attached hydrogens (primary N) is 1. The smallest absolute Gasteiger partial charge is 0.242 e. The molecule has 0 aromatic carbocycles. The lowest BCUT2D eigenvalue weighted by molar-refractivity contribution is -0.119. The van der Waals surface area contributed by atoms with E-state index in [2.05, 4.69) is 25.2 Å². The highest BCUT2D eigenvalue weighted by Gasteiger charge is 2.20. The summed E-state index contributed by atoms with van der Waals surface area (Å²) in [6, 6.07) is 5.37. The zero-order valence-electron chi connectivity index (χ0n) is 13.8. The third-order valence-electron chi connectivity index (χ3n) is 3.86. The van der Waals surface area contributed by atoms with Crippen LogP contribution in [0.25, 0.3) is 0 Å². The highest BCUT2D eigenvalue weighted by atomic mass is 16.3. The summed E-state index contributed by atoms with van der Waals surface area (Å²) >= 11 is 0. The minimum absolute atomic E-state index is 0.00540. The maximum Gasteiger partial charge on any atom is 0.242 e. The molecule has 1 fully saturated rings. The van der Waals surface area contributed by atoms with E-state index in [9.17, 15) is 4.79 Å². The highest BCUT2D eigenvalue weighted by Crippen LogP contribution is 2.09. The number of rotatable bonds is 5. The molecule has 0 unspecified atom stereocenters. The van der Waals surface area contributed by atoms with Crippen LogP contribution in [0.4, 0.5) is 5.95 Å². The summed E-state index contributed by atoms with van der Waals surface area (Å²) in [4.78, 5) is 28.5. The number of amides is 1. The van der Waals surface area contributed by atoms with E-state index in [1.807, 2.05) is 4.90 Å². The standard InChI is InChI=1S/C16H21N7O2/c17-15(21-12-14(24)20-11-13-3-1-10-25-13)22-6-8-23(9-7-22)16-18-4-2-5-19-16/h1-5,10H,6-9,11-12H2,(H2,17,21)(H,20,24). The summed E-state index contributed by atoms with van der Waals surface area (Å²) in [5.41, 5.74) is 6.00. The number of furan rings is 1. The fourth-order valence-corrected chi connectivity index (χ4v) is 2.50. The van der Waals surface area contributed by atoms with Gasteiger partial charge in [0.1, 0.15) is 12.3 Å². The van der Waals surface area contributed by atoms with Gasteiger partial charge in [0.25, 0.3) is 0 Å². The van der Waals surface area contributed by atoms with E-state index in [4.69, 9.17) is 10.2 Å². The van der Waals surface area contributed by atoms with E-state index < -0.39 is 0 Å². The van der Waals surface area contributed by atoms with Gasteiger partial charge in [-0.15, -0.1) is 0 Å². The number of hydrogen-bond acceptors (Lipinski definition) is 6. The molecule has 132 valence electrons. The Morgan fingerprint density at radius 3 is 2.68 bits per heavy atom. The Hall–Kier alpha value is -3.10. The average Bonchev–Trinajstić information content (AvgIpc) is 3.19. The number of aliphatic imine (C=N–C) groups is 1. The van der Waals surface area contributed by atoms with Crippen molar-refractivity contribution in [2.45, 2.75) is 6.54 Å². The van der Waals surface area contributed by atoms with E-state index in [0.717, 1.165) is 19.0 Å². The maximum atomic E-state index is 11.8. The van der Waals surface area contributed by atoms with Crippen LogP contribution >= 0.6 is 0 Å². The van der Waals surface area contributed by atoms with Gasteiger partial charge in [0.05, 0.1) is 12.8 Å². The van der Waals surface area contributed by atoms with Crippen LogP contribution in [0.5, 0.6) is 0 Å². The average molecular weight is 343 g/mol. The Morgan fingerprint density at radius 2 is 2.00 bits per heavy atom. The molecule has 0 saturated carbocycles. The van der Waals surface area contributed by atoms with Crippen LogP contribution in [0.1, 0.15) is 5.76 Å². The molecule has 0 spiro atoms. The minimum atomic E-state index is -0.198. The van der Waals surface area contributed by atoms with Crippen LogP contribution in [0.2, 0.25) is 0 Å². The Bertz CT molecular complexity index is 695. The molecular weight excluding hydrogens is 322 g/mol. The van der Waals surface area contributed by atoms with Gasteiger partial charge in [0.2, 0.25) is 11.9 Å². The van der Waals surface area contributed by atoms with Gasteiger partial charge < -0.3 is 25.3 Å². The quantitative estimate of drug-likeness (QED) is 0.572. The third-order valence-corrected chi connectivity index (χ3v) is 3.86. The summed E-state index contributed by atoms with van der Waals surface area (Å²) < 4.78 is 5.15. The van der Waals surface area contributed by atoms with Crippen LogP contribution in [0.15, 0.2) is 46.3 Å². The minimum Gasteiger partial charge on any atom is -0.467 e. The molecule has 0 radical (unpaired) electrons. The van der Waals surface area contributed by atoms with Crippen molar-refractivity contribution in [2.75, 3.05) is 37.6 Å². The first kappa shape index (κ1) is 16.7. The molecule has 9 heteroatoms. The first-order chi connectivity index (χ1) is 12.2. The van der Waals surface area contributed by atoms with Gasteiger partial charge in [-0.2, -0.15) is 0 Å². The number of anilines is 1. The Balaban J connectivity index is 1.43. The lowest BCUT2D eigenvalue weighted by Gasteiger charge is -2.35. The number of carbonyl (C=O) groups is 1. The van der Waals surface area contributed by atoms with Crippen molar-refractivity contribution in [3.8, 4) is 0 Å². The van der Waals surface area contributed by atoms with Crippen molar-refractivity contribution < 1.29 is 9.21 Å². The first-order valence-corrected chi connectivity index (χ1v) is 8.08. The van der Waals surface area contributed by atoms with Crippen LogP contribution < -0.4 is 16.0 Å². The van der Waals surface area contributed by atoms with Gasteiger partial charge in [-0.3, -0.25) is 4.79 Å². The molecule has 1 aliphatic rings. The SMILES string of the molecule is NC(=NCC(=O)NCc1ccco1)N1CCN(c2ncccn2)CC1. The van der Waals surface area contributed by atoms with E-state index >= 15 is 0 Å². The molecular formula is C16H21N7O2. The summed E-state index contributed by atoms with van der Waals surface area (Å²) in [6.45, 7) is 3.27. The Labute approximate surface area is 145 Å². The zero-order chi connectivity index (χ0) is 17.5. The van der Waals surface area contributed by atoms with Gasteiger partial charge in [-0.1, -0.05) is 0 Å². The second-order valence-electron chi connectivity index (χ2n) is 5.55. The monoisotopic (exact) mass is 343 g/mol. The summed E-state index contributed by atoms with van der Waals surface area (Å²) in [6.07, 6.45) is 5.02. The highest BCUT2D eigenvalue weighted by molar-refractivity contribution is 5.84. The Morgan fingerprint density at radius 1 is 1.24 bits per heavy atom. The van der Waals surface area contributed by atoms with Gasteiger partial charge in [0.15, 0.2) is 5.96 Å². The van der Waals surface area contributed by atoms with Gasteiger partial charge in [0, 0.05) is 38.6 Å². The molecule has 3 N–H and O–H groups in total. The van der Waals surface area contributed by atoms with E-state index in [1.165, 1.54) is 0 Å². The third kappa shape index (κ3) is 4.69. The predicted octanol–water partition coefficient (Wildman–Crippen LogP) is -0.177. The van der Waals surface area contributed by atoms with Gasteiger partial charge >= 0.3 is 0 Å². The number of hydrogen-bond donors (Lipinski definition) is 2. The number of carbonyl (C=O) groups excluding carboxylic acids is 1. The predicted molar refractivity (Wildman–Crippen MR) is 92.9 cm³/mol. The number of piperazine rings is 1. The molecule has 3 rings (SSSR count). The molecule has 25 heavy (non-hydrogen) atoms. The summed E-state index contributed by atoms with van der Waals surface area (Å²) in [5, 5.41) is 2.73. The molecule has 2 aromatic rings. The van der Waals surface area contributed by atoms with E-state index in [1.54, 1.807) is 36.9 Å². The molecule has 9 nitrogen and oxygen atoms in total. The topological polar surface area (TPSA) is 113 Å². The van der Waals surface area contributed by atoms with Crippen LogP contribution in [-0.4, -0.2) is 59.5 Å². The zero-order valence-corrected chi connectivity index (χ0v) is 13.8. The van der Waals surface area contributed by atoms with Crippen LogP contribution in [0, 0.1) is 0 Å². The normalized spacial score (nSPS) is 15.3. The number of aromatic nitrogens is 2. The number of nitrogens with zero attached hydrogens (tertiary/aromatic N) is 5. The Kier molecular flexibility index (Phi) is 5.45. The van der Waals surface area contributed by atoms with Crippen molar-refractivity contribution in [2.24, 2.45) is 10.7 Å². The number of guanidine groups is 1. The summed E-state index contributed by atoms with van der Waals surface area (Å²) in [7, 11) is 0. The largest absolute Gasteiger partial charge is 0.467 e. The van der Waals surface area contributed by atoms with Crippen LogP contribution in [-0.2, 0) is 11.3 Å².